The number of likely N-dealkylation sites (tertiary alicyclic amines) is 1. The van der Waals surface area contributed by atoms with E-state index in [1.165, 1.54) is 0 Å². The van der Waals surface area contributed by atoms with Crippen LogP contribution in [0, 0.1) is 12.3 Å². The second-order valence-corrected chi connectivity index (χ2v) is 5.33. The summed E-state index contributed by atoms with van der Waals surface area (Å²) in [5.41, 5.74) is 1.02. The van der Waals surface area contributed by atoms with Crippen LogP contribution in [0.3, 0.4) is 0 Å². The highest BCUT2D eigenvalue weighted by Gasteiger charge is 2.42. The Morgan fingerprint density at radius 1 is 1.32 bits per heavy atom. The topological polar surface area (TPSA) is 69.6 Å². The van der Waals surface area contributed by atoms with Gasteiger partial charge in [0, 0.05) is 18.8 Å². The van der Waals surface area contributed by atoms with E-state index in [2.05, 4.69) is 5.32 Å². The smallest absolute Gasteiger partial charge is 0.321 e. The van der Waals surface area contributed by atoms with Gasteiger partial charge >= 0.3 is 12.0 Å². The van der Waals surface area contributed by atoms with Crippen molar-refractivity contribution in [3.8, 4) is 0 Å². The molecule has 1 atom stereocenters. The van der Waals surface area contributed by atoms with Crippen LogP contribution < -0.4 is 5.32 Å². The monoisotopic (exact) mass is 262 g/mol. The molecule has 5 nitrogen and oxygen atoms in total. The minimum absolute atomic E-state index is 0.242. The average Bonchev–Trinajstić information content (AvgIpc) is 2.76. The number of carbonyl (C=O) groups is 2. The maximum Gasteiger partial charge on any atom is 0.321 e. The van der Waals surface area contributed by atoms with Crippen molar-refractivity contribution in [3.63, 3.8) is 0 Å². The average molecular weight is 262 g/mol. The minimum Gasteiger partial charge on any atom is -0.481 e. The third kappa shape index (κ3) is 2.86. The maximum atomic E-state index is 12.0. The van der Waals surface area contributed by atoms with Crippen molar-refractivity contribution in [2.75, 3.05) is 18.4 Å². The summed E-state index contributed by atoms with van der Waals surface area (Å²) in [7, 11) is 0. The first-order valence-electron chi connectivity index (χ1n) is 6.27. The van der Waals surface area contributed by atoms with Crippen molar-refractivity contribution in [3.05, 3.63) is 29.8 Å². The van der Waals surface area contributed by atoms with Crippen molar-refractivity contribution in [1.29, 1.82) is 0 Å². The van der Waals surface area contributed by atoms with Crippen molar-refractivity contribution in [2.24, 2.45) is 5.41 Å². The first kappa shape index (κ1) is 13.4. The summed E-state index contributed by atoms with van der Waals surface area (Å²) in [6.07, 6.45) is 0.490. The van der Waals surface area contributed by atoms with E-state index in [-0.39, 0.29) is 12.6 Å². The van der Waals surface area contributed by atoms with Crippen LogP contribution in [0.4, 0.5) is 10.5 Å². The lowest BCUT2D eigenvalue weighted by Gasteiger charge is -2.20. The Balaban J connectivity index is 1.98. The maximum absolute atomic E-state index is 12.0. The van der Waals surface area contributed by atoms with Gasteiger partial charge in [-0.1, -0.05) is 17.7 Å². The summed E-state index contributed by atoms with van der Waals surface area (Å²) < 4.78 is 0. The highest BCUT2D eigenvalue weighted by Crippen LogP contribution is 2.30. The van der Waals surface area contributed by atoms with Crippen LogP contribution in [-0.4, -0.2) is 35.1 Å². The van der Waals surface area contributed by atoms with Gasteiger partial charge in [0.1, 0.15) is 0 Å². The van der Waals surface area contributed by atoms with Gasteiger partial charge in [0.15, 0.2) is 0 Å². The van der Waals surface area contributed by atoms with E-state index >= 15 is 0 Å². The number of benzene rings is 1. The second kappa shape index (κ2) is 4.91. The number of aliphatic carboxylic acids is 1. The van der Waals surface area contributed by atoms with Gasteiger partial charge in [-0.25, -0.2) is 4.79 Å². The summed E-state index contributed by atoms with van der Waals surface area (Å²) in [5, 5.41) is 11.9. The van der Waals surface area contributed by atoms with Crippen LogP contribution in [0.25, 0.3) is 0 Å². The zero-order valence-corrected chi connectivity index (χ0v) is 11.1. The zero-order valence-electron chi connectivity index (χ0n) is 11.1. The normalized spacial score (nSPS) is 22.3. The lowest BCUT2D eigenvalue weighted by Crippen LogP contribution is -2.37. The van der Waals surface area contributed by atoms with Gasteiger partial charge in [0.05, 0.1) is 5.41 Å². The fourth-order valence-electron chi connectivity index (χ4n) is 2.15. The number of amides is 2. The molecule has 1 aliphatic heterocycles. The van der Waals surface area contributed by atoms with Crippen LogP contribution in [0.5, 0.6) is 0 Å². The molecule has 2 rings (SSSR count). The Morgan fingerprint density at radius 3 is 2.47 bits per heavy atom. The van der Waals surface area contributed by atoms with E-state index in [0.717, 1.165) is 11.3 Å². The number of carboxylic acids is 1. The standard InChI is InChI=1S/C14H18N2O3/c1-10-3-5-11(6-4-10)15-13(19)16-8-7-14(2,9-16)12(17)18/h3-6H,7-9H2,1-2H3,(H,15,19)(H,17,18). The van der Waals surface area contributed by atoms with Crippen LogP contribution in [-0.2, 0) is 4.79 Å². The molecular weight excluding hydrogens is 244 g/mol. The minimum atomic E-state index is -0.849. The number of aryl methyl sites for hydroxylation is 1. The summed E-state index contributed by atoms with van der Waals surface area (Å²) >= 11 is 0. The van der Waals surface area contributed by atoms with Crippen LogP contribution >= 0.6 is 0 Å². The summed E-state index contributed by atoms with van der Waals surface area (Å²) in [6.45, 7) is 4.37. The Labute approximate surface area is 112 Å². The molecule has 19 heavy (non-hydrogen) atoms. The SMILES string of the molecule is Cc1ccc(NC(=O)N2CCC(C)(C(=O)O)C2)cc1. The molecule has 102 valence electrons. The number of nitrogens with one attached hydrogen (secondary N) is 1. The molecule has 1 fully saturated rings. The number of anilines is 1. The third-order valence-electron chi connectivity index (χ3n) is 3.58. The van der Waals surface area contributed by atoms with E-state index in [1.54, 1.807) is 11.8 Å². The van der Waals surface area contributed by atoms with E-state index in [9.17, 15) is 9.59 Å². The number of rotatable bonds is 2. The third-order valence-corrected chi connectivity index (χ3v) is 3.58. The molecule has 0 aliphatic carbocycles. The van der Waals surface area contributed by atoms with Gasteiger partial charge in [-0.3, -0.25) is 4.79 Å². The van der Waals surface area contributed by atoms with Crippen molar-refractivity contribution < 1.29 is 14.7 Å². The molecular formula is C14H18N2O3. The fourth-order valence-corrected chi connectivity index (χ4v) is 2.15. The Kier molecular flexibility index (Phi) is 3.46. The fraction of sp³-hybridized carbons (Fsp3) is 0.429. The van der Waals surface area contributed by atoms with Gasteiger partial charge in [-0.2, -0.15) is 0 Å². The molecule has 0 bridgehead atoms. The van der Waals surface area contributed by atoms with Crippen LogP contribution in [0.1, 0.15) is 18.9 Å². The molecule has 1 unspecified atom stereocenters. The van der Waals surface area contributed by atoms with E-state index in [4.69, 9.17) is 5.11 Å². The van der Waals surface area contributed by atoms with E-state index in [0.29, 0.717) is 13.0 Å². The van der Waals surface area contributed by atoms with Crippen LogP contribution in [0.2, 0.25) is 0 Å². The molecule has 1 aromatic carbocycles. The first-order valence-corrected chi connectivity index (χ1v) is 6.27. The quantitative estimate of drug-likeness (QED) is 0.859. The Hall–Kier alpha value is -2.04. The van der Waals surface area contributed by atoms with Gasteiger partial charge in [-0.05, 0) is 32.4 Å². The zero-order chi connectivity index (χ0) is 14.0. The predicted octanol–water partition coefficient (Wildman–Crippen LogP) is 2.32. The molecule has 0 radical (unpaired) electrons. The summed E-state index contributed by atoms with van der Waals surface area (Å²) in [6, 6.07) is 7.26. The largest absolute Gasteiger partial charge is 0.481 e. The molecule has 0 aromatic heterocycles. The molecule has 1 aliphatic rings. The lowest BCUT2D eigenvalue weighted by molar-refractivity contribution is -0.146. The number of nitrogens with zero attached hydrogens (tertiary/aromatic N) is 1. The molecule has 2 N–H and O–H groups in total. The first-order chi connectivity index (χ1) is 8.90. The van der Waals surface area contributed by atoms with Crippen molar-refractivity contribution in [1.82, 2.24) is 4.90 Å². The second-order valence-electron chi connectivity index (χ2n) is 5.33. The molecule has 0 saturated carbocycles. The number of carbonyl (C=O) groups excluding carboxylic acids is 1. The highest BCUT2D eigenvalue weighted by atomic mass is 16.4. The predicted molar refractivity (Wildman–Crippen MR) is 72.1 cm³/mol. The number of hydrogen-bond acceptors (Lipinski definition) is 2. The highest BCUT2D eigenvalue weighted by molar-refractivity contribution is 5.90. The molecule has 1 aromatic rings. The molecule has 1 saturated heterocycles. The number of hydrogen-bond donors (Lipinski definition) is 2. The molecule has 0 spiro atoms. The van der Waals surface area contributed by atoms with Gasteiger partial charge < -0.3 is 15.3 Å². The molecule has 1 heterocycles. The Bertz CT molecular complexity index is 498. The summed E-state index contributed by atoms with van der Waals surface area (Å²) in [5.74, 6) is -0.849. The summed E-state index contributed by atoms with van der Waals surface area (Å²) in [4.78, 5) is 24.7. The van der Waals surface area contributed by atoms with Crippen LogP contribution in [0.15, 0.2) is 24.3 Å². The Morgan fingerprint density at radius 2 is 1.95 bits per heavy atom. The molecule has 5 heteroatoms. The van der Waals surface area contributed by atoms with Gasteiger partial charge in [0.2, 0.25) is 0 Å². The number of urea groups is 1. The number of carboxylic acid groups (broad SMARTS) is 1. The van der Waals surface area contributed by atoms with Crippen molar-refractivity contribution in [2.45, 2.75) is 20.3 Å². The van der Waals surface area contributed by atoms with Gasteiger partial charge in [0.25, 0.3) is 0 Å². The molecule has 2 amide bonds. The van der Waals surface area contributed by atoms with E-state index < -0.39 is 11.4 Å². The van der Waals surface area contributed by atoms with Crippen molar-refractivity contribution >= 4 is 17.7 Å². The van der Waals surface area contributed by atoms with Gasteiger partial charge in [-0.15, -0.1) is 0 Å². The van der Waals surface area contributed by atoms with E-state index in [1.807, 2.05) is 31.2 Å². The lowest BCUT2D eigenvalue weighted by atomic mass is 9.90.